The number of methoxy groups -OCH3 is 3. The zero-order valence-electron chi connectivity index (χ0n) is 20.8. The van der Waals surface area contributed by atoms with E-state index in [-0.39, 0.29) is 6.10 Å². The van der Waals surface area contributed by atoms with Gasteiger partial charge in [-0.2, -0.15) is 0 Å². The van der Waals surface area contributed by atoms with Crippen LogP contribution in [0.25, 0.3) is 11.1 Å². The minimum atomic E-state index is -0.354. The van der Waals surface area contributed by atoms with E-state index in [1.807, 2.05) is 24.3 Å². The summed E-state index contributed by atoms with van der Waals surface area (Å²) in [5, 5.41) is 0. The molecule has 34 heavy (non-hydrogen) atoms. The monoisotopic (exact) mass is 462 g/mol. The number of benzene rings is 3. The summed E-state index contributed by atoms with van der Waals surface area (Å²) >= 11 is 0. The van der Waals surface area contributed by atoms with Gasteiger partial charge in [0.2, 0.25) is 0 Å². The lowest BCUT2D eigenvalue weighted by atomic mass is 9.94. The van der Waals surface area contributed by atoms with Crippen molar-refractivity contribution >= 4 is 0 Å². The van der Waals surface area contributed by atoms with E-state index in [1.54, 1.807) is 21.3 Å². The summed E-state index contributed by atoms with van der Waals surface area (Å²) < 4.78 is 30.2. The van der Waals surface area contributed by atoms with Gasteiger partial charge >= 0.3 is 0 Å². The molecule has 0 radical (unpaired) electrons. The molecule has 5 heteroatoms. The summed E-state index contributed by atoms with van der Waals surface area (Å²) in [7, 11) is 5.05. The standard InChI is InChI=1S/C29H34O5/c1-6-9-19-13-23-24-14-20(10-7-2)16-26(32-5)29(24)34-27(18-33-28(23)25(15-19)31-4)21-11-8-12-22(17-21)30-3/h8,11-17,27H,6-7,9-10,18H2,1-5H3. The number of hydrogen-bond donors (Lipinski definition) is 0. The summed E-state index contributed by atoms with van der Waals surface area (Å²) in [6, 6.07) is 16.5. The van der Waals surface area contributed by atoms with Crippen molar-refractivity contribution < 1.29 is 23.7 Å². The quantitative estimate of drug-likeness (QED) is 0.368. The second-order valence-corrected chi connectivity index (χ2v) is 8.54. The van der Waals surface area contributed by atoms with Crippen molar-refractivity contribution in [3.05, 3.63) is 65.2 Å². The molecule has 3 aromatic rings. The SMILES string of the molecule is CCCc1cc(OC)c2c(c1)-c1cc(CCC)cc(OC)c1OC(c1cccc(OC)c1)CO2. The van der Waals surface area contributed by atoms with Gasteiger partial charge in [0, 0.05) is 11.1 Å². The van der Waals surface area contributed by atoms with Crippen LogP contribution in [-0.4, -0.2) is 27.9 Å². The van der Waals surface area contributed by atoms with Crippen LogP contribution >= 0.6 is 0 Å². The lowest BCUT2D eigenvalue weighted by Gasteiger charge is -2.29. The first-order chi connectivity index (χ1) is 16.6. The van der Waals surface area contributed by atoms with Crippen molar-refractivity contribution in [1.29, 1.82) is 0 Å². The van der Waals surface area contributed by atoms with E-state index in [4.69, 9.17) is 23.7 Å². The molecule has 0 N–H and O–H groups in total. The van der Waals surface area contributed by atoms with Crippen LogP contribution in [0, 0.1) is 0 Å². The number of hydrogen-bond acceptors (Lipinski definition) is 5. The number of fused-ring (bicyclic) bond motifs is 3. The third kappa shape index (κ3) is 4.79. The molecule has 0 bridgehead atoms. The maximum Gasteiger partial charge on any atom is 0.170 e. The highest BCUT2D eigenvalue weighted by atomic mass is 16.6. The molecule has 0 saturated heterocycles. The van der Waals surface area contributed by atoms with Crippen molar-refractivity contribution in [2.24, 2.45) is 0 Å². The van der Waals surface area contributed by atoms with E-state index in [9.17, 15) is 0 Å². The fourth-order valence-corrected chi connectivity index (χ4v) is 4.50. The molecule has 4 rings (SSSR count). The van der Waals surface area contributed by atoms with E-state index in [0.29, 0.717) is 6.61 Å². The first kappa shape index (κ1) is 23.8. The van der Waals surface area contributed by atoms with Crippen LogP contribution in [0.2, 0.25) is 0 Å². The molecule has 180 valence electrons. The summed E-state index contributed by atoms with van der Waals surface area (Å²) in [6.07, 6.45) is 3.64. The molecule has 0 fully saturated rings. The van der Waals surface area contributed by atoms with E-state index < -0.39 is 0 Å². The Balaban J connectivity index is 1.94. The van der Waals surface area contributed by atoms with Crippen molar-refractivity contribution in [2.45, 2.75) is 45.6 Å². The summed E-state index contributed by atoms with van der Waals surface area (Å²) in [5.74, 6) is 3.68. The number of ether oxygens (including phenoxy) is 5. The molecule has 1 aliphatic heterocycles. The molecule has 0 aromatic heterocycles. The van der Waals surface area contributed by atoms with Gasteiger partial charge in [-0.1, -0.05) is 38.8 Å². The zero-order chi connectivity index (χ0) is 24.1. The molecule has 1 aliphatic rings. The average molecular weight is 463 g/mol. The van der Waals surface area contributed by atoms with Gasteiger partial charge < -0.3 is 23.7 Å². The summed E-state index contributed by atoms with van der Waals surface area (Å²) in [4.78, 5) is 0. The maximum atomic E-state index is 6.66. The predicted octanol–water partition coefficient (Wildman–Crippen LogP) is 6.80. The number of aryl methyl sites for hydroxylation is 2. The Morgan fingerprint density at radius 2 is 1.38 bits per heavy atom. The van der Waals surface area contributed by atoms with Crippen LogP contribution < -0.4 is 23.7 Å². The van der Waals surface area contributed by atoms with E-state index in [1.165, 1.54) is 11.1 Å². The fourth-order valence-electron chi connectivity index (χ4n) is 4.50. The minimum absolute atomic E-state index is 0.322. The Kier molecular flexibility index (Phi) is 7.51. The van der Waals surface area contributed by atoms with Gasteiger partial charge in [0.05, 0.1) is 21.3 Å². The van der Waals surface area contributed by atoms with Crippen LogP contribution in [-0.2, 0) is 12.8 Å². The molecular formula is C29H34O5. The topological polar surface area (TPSA) is 46.2 Å². The largest absolute Gasteiger partial charge is 0.497 e. The molecule has 0 saturated carbocycles. The van der Waals surface area contributed by atoms with Crippen molar-refractivity contribution in [3.63, 3.8) is 0 Å². The van der Waals surface area contributed by atoms with Crippen molar-refractivity contribution in [1.82, 2.24) is 0 Å². The molecule has 5 nitrogen and oxygen atoms in total. The lowest BCUT2D eigenvalue weighted by Crippen LogP contribution is -2.20. The highest BCUT2D eigenvalue weighted by Gasteiger charge is 2.28. The Labute approximate surface area is 202 Å². The summed E-state index contributed by atoms with van der Waals surface area (Å²) in [5.41, 5.74) is 5.30. The normalized spacial score (nSPS) is 14.6. The van der Waals surface area contributed by atoms with Crippen LogP contribution in [0.1, 0.15) is 49.5 Å². The van der Waals surface area contributed by atoms with Gasteiger partial charge in [-0.05, 0) is 65.9 Å². The second kappa shape index (κ2) is 10.7. The number of rotatable bonds is 8. The zero-order valence-corrected chi connectivity index (χ0v) is 20.8. The van der Waals surface area contributed by atoms with E-state index >= 15 is 0 Å². The van der Waals surface area contributed by atoms with Crippen LogP contribution in [0.3, 0.4) is 0 Å². The van der Waals surface area contributed by atoms with Gasteiger partial charge in [0.25, 0.3) is 0 Å². The van der Waals surface area contributed by atoms with Crippen LogP contribution in [0.5, 0.6) is 28.7 Å². The highest BCUT2D eigenvalue weighted by Crippen LogP contribution is 2.49. The Hall–Kier alpha value is -3.34. The van der Waals surface area contributed by atoms with Crippen LogP contribution in [0.15, 0.2) is 48.5 Å². The van der Waals surface area contributed by atoms with E-state index in [2.05, 4.69) is 38.1 Å². The minimum Gasteiger partial charge on any atom is -0.497 e. The Morgan fingerprint density at radius 1 is 0.765 bits per heavy atom. The smallest absolute Gasteiger partial charge is 0.170 e. The third-order valence-electron chi connectivity index (χ3n) is 6.14. The third-order valence-corrected chi connectivity index (χ3v) is 6.14. The molecule has 3 aromatic carbocycles. The lowest BCUT2D eigenvalue weighted by molar-refractivity contribution is 0.121. The summed E-state index contributed by atoms with van der Waals surface area (Å²) in [6.45, 7) is 4.68. The fraction of sp³-hybridized carbons (Fsp3) is 0.379. The first-order valence-electron chi connectivity index (χ1n) is 12.0. The van der Waals surface area contributed by atoms with Gasteiger partial charge in [-0.3, -0.25) is 0 Å². The van der Waals surface area contributed by atoms with Crippen molar-refractivity contribution in [3.8, 4) is 39.9 Å². The molecule has 0 amide bonds. The van der Waals surface area contributed by atoms with Crippen molar-refractivity contribution in [2.75, 3.05) is 27.9 Å². The van der Waals surface area contributed by atoms with Gasteiger partial charge in [-0.15, -0.1) is 0 Å². The molecular weight excluding hydrogens is 428 g/mol. The van der Waals surface area contributed by atoms with Crippen LogP contribution in [0.4, 0.5) is 0 Å². The maximum absolute atomic E-state index is 6.66. The molecule has 1 heterocycles. The Morgan fingerprint density at radius 3 is 1.97 bits per heavy atom. The van der Waals surface area contributed by atoms with E-state index in [0.717, 1.165) is 71.1 Å². The second-order valence-electron chi connectivity index (χ2n) is 8.54. The molecule has 0 spiro atoms. The average Bonchev–Trinajstić information content (AvgIpc) is 2.86. The predicted molar refractivity (Wildman–Crippen MR) is 135 cm³/mol. The first-order valence-corrected chi connectivity index (χ1v) is 12.0. The highest BCUT2D eigenvalue weighted by molar-refractivity contribution is 5.82. The van der Waals surface area contributed by atoms with Gasteiger partial charge in [0.1, 0.15) is 12.4 Å². The molecule has 1 unspecified atom stereocenters. The molecule has 0 aliphatic carbocycles. The molecule has 1 atom stereocenters. The van der Waals surface area contributed by atoms with Gasteiger partial charge in [0.15, 0.2) is 29.1 Å². The Bertz CT molecular complexity index is 1140. The van der Waals surface area contributed by atoms with Gasteiger partial charge in [-0.25, -0.2) is 0 Å².